The van der Waals surface area contributed by atoms with Gasteiger partial charge < -0.3 is 9.63 Å². The highest BCUT2D eigenvalue weighted by Crippen LogP contribution is 2.20. The highest BCUT2D eigenvalue weighted by Gasteiger charge is 2.10. The molecule has 0 saturated carbocycles. The van der Waals surface area contributed by atoms with Crippen LogP contribution in [0.5, 0.6) is 0 Å². The molecule has 0 spiro atoms. The van der Waals surface area contributed by atoms with E-state index in [1.807, 2.05) is 24.3 Å². The fourth-order valence-corrected chi connectivity index (χ4v) is 2.09. The van der Waals surface area contributed by atoms with Crippen molar-refractivity contribution >= 4 is 15.9 Å². The minimum absolute atomic E-state index is 0.146. The van der Waals surface area contributed by atoms with Gasteiger partial charge in [0.1, 0.15) is 12.2 Å². The topological polar surface area (TPSA) is 89.9 Å². The van der Waals surface area contributed by atoms with E-state index >= 15 is 0 Å². The van der Waals surface area contributed by atoms with Gasteiger partial charge in [-0.2, -0.15) is 4.98 Å². The lowest BCUT2D eigenvalue weighted by molar-refractivity contribution is 0.276. The van der Waals surface area contributed by atoms with E-state index in [0.717, 1.165) is 10.0 Å². The third kappa shape index (κ3) is 2.75. The Labute approximate surface area is 122 Å². The molecule has 0 bridgehead atoms. The molecule has 0 fully saturated rings. The van der Waals surface area contributed by atoms with Crippen LogP contribution >= 0.6 is 15.9 Å². The number of nitrogens with zero attached hydrogens (tertiary/aromatic N) is 5. The van der Waals surface area contributed by atoms with Crippen molar-refractivity contribution in [3.05, 3.63) is 46.5 Å². The van der Waals surface area contributed by atoms with Crippen molar-refractivity contribution in [2.45, 2.75) is 13.2 Å². The predicted molar refractivity (Wildman–Crippen MR) is 72.5 cm³/mol. The van der Waals surface area contributed by atoms with Crippen LogP contribution in [0.15, 0.2) is 39.5 Å². The molecule has 0 aliphatic rings. The number of aliphatic hydroxyl groups is 1. The lowest BCUT2D eigenvalue weighted by Gasteiger charge is -1.94. The Morgan fingerprint density at radius 1 is 1.35 bits per heavy atom. The standard InChI is InChI=1S/C12H10BrN5O2/c13-9-3-1-2-8(4-9)12-14-11(20-16-12)6-18-5-10(7-19)15-17-18/h1-5,19H,6-7H2. The lowest BCUT2D eigenvalue weighted by Crippen LogP contribution is -2.00. The smallest absolute Gasteiger partial charge is 0.248 e. The Balaban J connectivity index is 1.80. The number of aliphatic hydroxyl groups excluding tert-OH is 1. The number of benzene rings is 1. The molecule has 2 aromatic heterocycles. The number of rotatable bonds is 4. The van der Waals surface area contributed by atoms with E-state index in [9.17, 15) is 0 Å². The molecule has 0 aliphatic carbocycles. The Bertz CT molecular complexity index is 724. The van der Waals surface area contributed by atoms with Crippen LogP contribution in [0.3, 0.4) is 0 Å². The monoisotopic (exact) mass is 335 g/mol. The zero-order valence-electron chi connectivity index (χ0n) is 10.3. The first kappa shape index (κ1) is 12.9. The molecule has 0 saturated heterocycles. The van der Waals surface area contributed by atoms with E-state index in [2.05, 4.69) is 36.4 Å². The molecule has 1 N–H and O–H groups in total. The molecule has 8 heteroatoms. The van der Waals surface area contributed by atoms with E-state index in [1.54, 1.807) is 6.20 Å². The van der Waals surface area contributed by atoms with E-state index in [0.29, 0.717) is 24.0 Å². The highest BCUT2D eigenvalue weighted by atomic mass is 79.9. The largest absolute Gasteiger partial charge is 0.390 e. The summed E-state index contributed by atoms with van der Waals surface area (Å²) in [6.45, 7) is 0.168. The first-order chi connectivity index (χ1) is 9.74. The molecule has 3 aromatic rings. The average molecular weight is 336 g/mol. The Kier molecular flexibility index (Phi) is 3.57. The molecule has 3 rings (SSSR count). The number of hydrogen-bond donors (Lipinski definition) is 1. The Morgan fingerprint density at radius 2 is 2.25 bits per heavy atom. The van der Waals surface area contributed by atoms with Crippen LogP contribution in [0.2, 0.25) is 0 Å². The predicted octanol–water partition coefficient (Wildman–Crippen LogP) is 1.63. The summed E-state index contributed by atoms with van der Waals surface area (Å²) in [6, 6.07) is 7.64. The summed E-state index contributed by atoms with van der Waals surface area (Å²) in [5.74, 6) is 0.943. The Morgan fingerprint density at radius 3 is 3.00 bits per heavy atom. The van der Waals surface area contributed by atoms with Gasteiger partial charge in [0.2, 0.25) is 11.7 Å². The van der Waals surface area contributed by atoms with Gasteiger partial charge in [-0.05, 0) is 12.1 Å². The third-order valence-corrected chi connectivity index (χ3v) is 3.09. The minimum atomic E-state index is -0.146. The second-order valence-corrected chi connectivity index (χ2v) is 5.00. The van der Waals surface area contributed by atoms with Crippen molar-refractivity contribution in [3.63, 3.8) is 0 Å². The van der Waals surface area contributed by atoms with Gasteiger partial charge in [0.25, 0.3) is 0 Å². The summed E-state index contributed by atoms with van der Waals surface area (Å²) in [5, 5.41) is 20.5. The van der Waals surface area contributed by atoms with Crippen LogP contribution < -0.4 is 0 Å². The average Bonchev–Trinajstić information content (AvgIpc) is 3.08. The highest BCUT2D eigenvalue weighted by molar-refractivity contribution is 9.10. The first-order valence-electron chi connectivity index (χ1n) is 5.83. The van der Waals surface area contributed by atoms with E-state index < -0.39 is 0 Å². The zero-order chi connectivity index (χ0) is 13.9. The van der Waals surface area contributed by atoms with Crippen LogP contribution in [0.4, 0.5) is 0 Å². The first-order valence-corrected chi connectivity index (χ1v) is 6.62. The molecule has 1 aromatic carbocycles. The minimum Gasteiger partial charge on any atom is -0.390 e. The summed E-state index contributed by atoms with van der Waals surface area (Å²) in [4.78, 5) is 4.30. The van der Waals surface area contributed by atoms with Gasteiger partial charge in [-0.1, -0.05) is 38.4 Å². The number of halogens is 1. The Hall–Kier alpha value is -2.06. The quantitative estimate of drug-likeness (QED) is 0.779. The van der Waals surface area contributed by atoms with Crippen LogP contribution in [-0.2, 0) is 13.2 Å². The molecule has 20 heavy (non-hydrogen) atoms. The van der Waals surface area contributed by atoms with Crippen molar-refractivity contribution in [3.8, 4) is 11.4 Å². The summed E-state index contributed by atoms with van der Waals surface area (Å²) in [6.07, 6.45) is 1.63. The summed E-state index contributed by atoms with van der Waals surface area (Å²) in [7, 11) is 0. The van der Waals surface area contributed by atoms with Gasteiger partial charge in [-0.15, -0.1) is 5.10 Å². The van der Waals surface area contributed by atoms with Gasteiger partial charge >= 0.3 is 0 Å². The lowest BCUT2D eigenvalue weighted by atomic mass is 10.2. The third-order valence-electron chi connectivity index (χ3n) is 2.60. The van der Waals surface area contributed by atoms with E-state index in [4.69, 9.17) is 9.63 Å². The molecule has 0 atom stereocenters. The SMILES string of the molecule is OCc1cn(Cc2nc(-c3cccc(Br)c3)no2)nn1. The molecule has 0 radical (unpaired) electrons. The normalized spacial score (nSPS) is 10.9. The second kappa shape index (κ2) is 5.51. The van der Waals surface area contributed by atoms with Crippen LogP contribution in [0, 0.1) is 0 Å². The maximum atomic E-state index is 8.92. The van der Waals surface area contributed by atoms with Gasteiger partial charge in [0.05, 0.1) is 12.8 Å². The van der Waals surface area contributed by atoms with Crippen molar-refractivity contribution < 1.29 is 9.63 Å². The number of aromatic nitrogens is 5. The van der Waals surface area contributed by atoms with Crippen molar-refractivity contribution in [1.82, 2.24) is 25.1 Å². The molecular weight excluding hydrogens is 326 g/mol. The molecular formula is C12H10BrN5O2. The van der Waals surface area contributed by atoms with Gasteiger partial charge in [0, 0.05) is 10.0 Å². The van der Waals surface area contributed by atoms with Crippen LogP contribution in [0.25, 0.3) is 11.4 Å². The fraction of sp³-hybridized carbons (Fsp3) is 0.167. The molecule has 0 unspecified atom stereocenters. The zero-order valence-corrected chi connectivity index (χ0v) is 11.9. The van der Waals surface area contributed by atoms with Crippen molar-refractivity contribution in [2.24, 2.45) is 0 Å². The van der Waals surface area contributed by atoms with Crippen LogP contribution in [-0.4, -0.2) is 30.2 Å². The maximum Gasteiger partial charge on any atom is 0.248 e. The number of hydrogen-bond acceptors (Lipinski definition) is 6. The summed E-state index contributed by atoms with van der Waals surface area (Å²) in [5.41, 5.74) is 1.36. The molecule has 0 amide bonds. The molecule has 7 nitrogen and oxygen atoms in total. The van der Waals surface area contributed by atoms with Crippen LogP contribution in [0.1, 0.15) is 11.6 Å². The molecule has 2 heterocycles. The van der Waals surface area contributed by atoms with Crippen molar-refractivity contribution in [2.75, 3.05) is 0 Å². The van der Waals surface area contributed by atoms with Gasteiger partial charge in [0.15, 0.2) is 0 Å². The molecule has 0 aliphatic heterocycles. The summed E-state index contributed by atoms with van der Waals surface area (Å²) < 4.78 is 7.66. The van der Waals surface area contributed by atoms with E-state index in [1.165, 1.54) is 4.68 Å². The van der Waals surface area contributed by atoms with Gasteiger partial charge in [-0.25, -0.2) is 4.68 Å². The fourth-order valence-electron chi connectivity index (χ4n) is 1.69. The summed E-state index contributed by atoms with van der Waals surface area (Å²) >= 11 is 3.40. The van der Waals surface area contributed by atoms with Gasteiger partial charge in [-0.3, -0.25) is 0 Å². The van der Waals surface area contributed by atoms with Crippen molar-refractivity contribution in [1.29, 1.82) is 0 Å². The molecule has 102 valence electrons. The maximum absolute atomic E-state index is 8.92. The van der Waals surface area contributed by atoms with E-state index in [-0.39, 0.29) is 6.61 Å². The second-order valence-electron chi connectivity index (χ2n) is 4.09.